The molecule has 0 fully saturated rings. The fourth-order valence-corrected chi connectivity index (χ4v) is 3.16. The molecule has 0 saturated carbocycles. The minimum absolute atomic E-state index is 0.0157. The van der Waals surface area contributed by atoms with Crippen molar-refractivity contribution < 1.29 is 27.4 Å². The van der Waals surface area contributed by atoms with Gasteiger partial charge in [0.2, 0.25) is 0 Å². The Balaban J connectivity index is 2.03. The first-order valence-corrected chi connectivity index (χ1v) is 10.3. The van der Waals surface area contributed by atoms with Gasteiger partial charge in [-0.1, -0.05) is 6.92 Å². The third kappa shape index (κ3) is 7.45. The second kappa shape index (κ2) is 11.0. The second-order valence-electron chi connectivity index (χ2n) is 7.60. The van der Waals surface area contributed by atoms with Gasteiger partial charge < -0.3 is 14.4 Å². The molecule has 0 spiro atoms. The van der Waals surface area contributed by atoms with E-state index in [9.17, 15) is 18.0 Å². The van der Waals surface area contributed by atoms with Crippen molar-refractivity contribution >= 4 is 5.91 Å². The molecule has 0 aliphatic rings. The normalized spacial score (nSPS) is 12.5. The van der Waals surface area contributed by atoms with Crippen LogP contribution in [-0.4, -0.2) is 41.1 Å². The van der Waals surface area contributed by atoms with Crippen molar-refractivity contribution in [3.8, 4) is 11.5 Å². The molecule has 2 aromatic rings. The molecule has 0 N–H and O–H groups in total. The molecular formula is C23H29F3N2O3. The number of aromatic nitrogens is 1. The summed E-state index contributed by atoms with van der Waals surface area (Å²) >= 11 is 0. The van der Waals surface area contributed by atoms with Crippen molar-refractivity contribution in [2.45, 2.75) is 58.9 Å². The molecule has 1 atom stereocenters. The molecule has 170 valence electrons. The van der Waals surface area contributed by atoms with Crippen molar-refractivity contribution in [1.82, 2.24) is 9.88 Å². The predicted octanol–water partition coefficient (Wildman–Crippen LogP) is 5.14. The number of hydrogen-bond acceptors (Lipinski definition) is 4. The van der Waals surface area contributed by atoms with Gasteiger partial charge in [-0.3, -0.25) is 9.78 Å². The number of benzene rings is 1. The smallest absolute Gasteiger partial charge is 0.416 e. The Morgan fingerprint density at radius 3 is 2.39 bits per heavy atom. The van der Waals surface area contributed by atoms with E-state index in [1.807, 2.05) is 33.8 Å². The molecular weight excluding hydrogens is 409 g/mol. The van der Waals surface area contributed by atoms with Crippen molar-refractivity contribution in [3.05, 3.63) is 53.9 Å². The number of carbonyl (C=O) groups excluding carboxylic acids is 1. The quantitative estimate of drug-likeness (QED) is 0.516. The average molecular weight is 438 g/mol. The van der Waals surface area contributed by atoms with Crippen LogP contribution in [0.4, 0.5) is 13.2 Å². The van der Waals surface area contributed by atoms with Crippen LogP contribution in [0.25, 0.3) is 0 Å². The van der Waals surface area contributed by atoms with E-state index in [0.29, 0.717) is 13.0 Å². The van der Waals surface area contributed by atoms with Gasteiger partial charge in [-0.05, 0) is 63.9 Å². The zero-order chi connectivity index (χ0) is 23.0. The monoisotopic (exact) mass is 438 g/mol. The lowest BCUT2D eigenvalue weighted by atomic mass is 10.1. The van der Waals surface area contributed by atoms with Gasteiger partial charge in [0.1, 0.15) is 11.5 Å². The molecule has 0 saturated heterocycles. The van der Waals surface area contributed by atoms with Gasteiger partial charge in [0.05, 0.1) is 11.7 Å². The van der Waals surface area contributed by atoms with Crippen LogP contribution in [0.3, 0.4) is 0 Å². The molecule has 1 aromatic carbocycles. The maximum absolute atomic E-state index is 12.8. The van der Waals surface area contributed by atoms with Crippen LogP contribution in [-0.2, 0) is 17.4 Å². The Bertz CT molecular complexity index is 839. The number of ether oxygens (including phenoxy) is 2. The van der Waals surface area contributed by atoms with Crippen LogP contribution in [0.5, 0.6) is 11.5 Å². The highest BCUT2D eigenvalue weighted by molar-refractivity contribution is 5.78. The number of nitrogens with zero attached hydrogens (tertiary/aromatic N) is 2. The maximum Gasteiger partial charge on any atom is 0.416 e. The van der Waals surface area contributed by atoms with Crippen LogP contribution in [0.15, 0.2) is 42.7 Å². The summed E-state index contributed by atoms with van der Waals surface area (Å²) in [4.78, 5) is 18.7. The standard InChI is InChI=1S/C23H29F3N2O3/c1-5-12-28(17(4)13-18-14-27-11-10-21(18)31-16(2)3)22(29)15-30-20-8-6-19(7-9-20)23(24,25)26/h6-11,14,16-17H,5,12-13,15H2,1-4H3. The summed E-state index contributed by atoms with van der Waals surface area (Å²) in [6, 6.07) is 5.98. The van der Waals surface area contributed by atoms with Crippen LogP contribution >= 0.6 is 0 Å². The summed E-state index contributed by atoms with van der Waals surface area (Å²) < 4.78 is 49.3. The first kappa shape index (κ1) is 24.5. The molecule has 0 bridgehead atoms. The number of pyridine rings is 1. The molecule has 1 aromatic heterocycles. The van der Waals surface area contributed by atoms with E-state index in [0.717, 1.165) is 29.9 Å². The first-order chi connectivity index (χ1) is 14.6. The molecule has 2 rings (SSSR count). The van der Waals surface area contributed by atoms with Crippen molar-refractivity contribution in [2.24, 2.45) is 0 Å². The summed E-state index contributed by atoms with van der Waals surface area (Å²) in [6.07, 6.45) is 0.328. The van der Waals surface area contributed by atoms with E-state index < -0.39 is 11.7 Å². The number of rotatable bonds is 10. The highest BCUT2D eigenvalue weighted by Crippen LogP contribution is 2.30. The van der Waals surface area contributed by atoms with E-state index in [4.69, 9.17) is 9.47 Å². The molecule has 31 heavy (non-hydrogen) atoms. The zero-order valence-corrected chi connectivity index (χ0v) is 18.3. The van der Waals surface area contributed by atoms with Gasteiger partial charge in [0.25, 0.3) is 5.91 Å². The minimum Gasteiger partial charge on any atom is -0.491 e. The summed E-state index contributed by atoms with van der Waals surface area (Å²) in [5.41, 5.74) is 0.143. The molecule has 0 radical (unpaired) electrons. The highest BCUT2D eigenvalue weighted by atomic mass is 19.4. The summed E-state index contributed by atoms with van der Waals surface area (Å²) in [7, 11) is 0. The van der Waals surface area contributed by atoms with E-state index in [-0.39, 0.29) is 30.4 Å². The molecule has 1 heterocycles. The maximum atomic E-state index is 12.8. The number of carbonyl (C=O) groups is 1. The van der Waals surface area contributed by atoms with Crippen molar-refractivity contribution in [1.29, 1.82) is 0 Å². The average Bonchev–Trinajstić information content (AvgIpc) is 2.71. The van der Waals surface area contributed by atoms with E-state index >= 15 is 0 Å². The van der Waals surface area contributed by atoms with Crippen molar-refractivity contribution in [3.63, 3.8) is 0 Å². The second-order valence-corrected chi connectivity index (χ2v) is 7.60. The van der Waals surface area contributed by atoms with Gasteiger partial charge in [-0.15, -0.1) is 0 Å². The highest BCUT2D eigenvalue weighted by Gasteiger charge is 2.30. The van der Waals surface area contributed by atoms with E-state index in [1.54, 1.807) is 17.3 Å². The molecule has 1 amide bonds. The Morgan fingerprint density at radius 2 is 1.81 bits per heavy atom. The molecule has 1 unspecified atom stereocenters. The van der Waals surface area contributed by atoms with Crippen molar-refractivity contribution in [2.75, 3.05) is 13.2 Å². The number of amides is 1. The van der Waals surface area contributed by atoms with Gasteiger partial charge in [-0.25, -0.2) is 0 Å². The fourth-order valence-electron chi connectivity index (χ4n) is 3.16. The van der Waals surface area contributed by atoms with Gasteiger partial charge in [-0.2, -0.15) is 13.2 Å². The minimum atomic E-state index is -4.41. The lowest BCUT2D eigenvalue weighted by molar-refractivity contribution is -0.138. The molecule has 0 aliphatic heterocycles. The number of alkyl halides is 3. The Labute approximate surface area is 181 Å². The Kier molecular flexibility index (Phi) is 8.71. The topological polar surface area (TPSA) is 51.7 Å². The predicted molar refractivity (Wildman–Crippen MR) is 112 cm³/mol. The SMILES string of the molecule is CCCN(C(=O)COc1ccc(C(F)(F)F)cc1)C(C)Cc1cnccc1OC(C)C. The van der Waals surface area contributed by atoms with Gasteiger partial charge >= 0.3 is 6.18 Å². The Hall–Kier alpha value is -2.77. The third-order valence-electron chi connectivity index (χ3n) is 4.60. The molecule has 5 nitrogen and oxygen atoms in total. The largest absolute Gasteiger partial charge is 0.491 e. The third-order valence-corrected chi connectivity index (χ3v) is 4.60. The fraction of sp³-hybridized carbons (Fsp3) is 0.478. The lowest BCUT2D eigenvalue weighted by Gasteiger charge is -2.29. The number of hydrogen-bond donors (Lipinski definition) is 0. The number of halogens is 3. The molecule has 0 aliphatic carbocycles. The summed E-state index contributed by atoms with van der Waals surface area (Å²) in [5, 5.41) is 0. The lowest BCUT2D eigenvalue weighted by Crippen LogP contribution is -2.43. The van der Waals surface area contributed by atoms with Gasteiger partial charge in [0.15, 0.2) is 6.61 Å². The van der Waals surface area contributed by atoms with Crippen LogP contribution in [0, 0.1) is 0 Å². The molecule has 8 heteroatoms. The summed E-state index contributed by atoms with van der Waals surface area (Å²) in [5.74, 6) is 0.719. The van der Waals surface area contributed by atoms with Gasteiger partial charge in [0, 0.05) is 30.5 Å². The van der Waals surface area contributed by atoms with Crippen LogP contribution in [0.2, 0.25) is 0 Å². The van der Waals surface area contributed by atoms with Crippen LogP contribution < -0.4 is 9.47 Å². The Morgan fingerprint density at radius 1 is 1.13 bits per heavy atom. The zero-order valence-electron chi connectivity index (χ0n) is 18.3. The van der Waals surface area contributed by atoms with E-state index in [1.165, 1.54) is 12.1 Å². The van der Waals surface area contributed by atoms with E-state index in [2.05, 4.69) is 4.98 Å². The first-order valence-electron chi connectivity index (χ1n) is 10.3. The summed E-state index contributed by atoms with van der Waals surface area (Å²) in [6.45, 7) is 8.09. The van der Waals surface area contributed by atoms with Crippen LogP contribution in [0.1, 0.15) is 45.2 Å².